The van der Waals surface area contributed by atoms with Gasteiger partial charge >= 0.3 is 0 Å². The van der Waals surface area contributed by atoms with E-state index in [0.29, 0.717) is 54.6 Å². The van der Waals surface area contributed by atoms with E-state index in [1.165, 1.54) is 4.57 Å². The van der Waals surface area contributed by atoms with Crippen LogP contribution >= 0.6 is 0 Å². The number of Topliss-reactive ketones (excluding diaryl/α,β-unsaturated/α-hetero) is 1. The fraction of sp³-hybridized carbons (Fsp3) is 0.333. The van der Waals surface area contributed by atoms with Crippen LogP contribution in [0, 0.1) is 25.2 Å². The molecule has 0 radical (unpaired) electrons. The van der Waals surface area contributed by atoms with Crippen molar-refractivity contribution in [2.75, 3.05) is 52.7 Å². The predicted molar refractivity (Wildman–Crippen MR) is 182 cm³/mol. The summed E-state index contributed by atoms with van der Waals surface area (Å²) < 4.78 is 19.6. The molecule has 0 spiro atoms. The third-order valence-electron chi connectivity index (χ3n) is 7.49. The molecule has 2 aromatic heterocycles. The van der Waals surface area contributed by atoms with Crippen molar-refractivity contribution >= 4 is 17.6 Å². The number of benzene rings is 2. The molecule has 4 aromatic rings. The summed E-state index contributed by atoms with van der Waals surface area (Å²) >= 11 is 0. The maximum Gasteiger partial charge on any atom is 0.287 e. The fourth-order valence-corrected chi connectivity index (χ4v) is 4.96. The molecule has 13 heteroatoms. The summed E-state index contributed by atoms with van der Waals surface area (Å²) in [6.07, 6.45) is 1.80. The Hall–Kier alpha value is -5.42. The summed E-state index contributed by atoms with van der Waals surface area (Å²) in [7, 11) is 0. The normalized spacial score (nSPS) is 10.8. The Morgan fingerprint density at radius 3 is 2.12 bits per heavy atom. The van der Waals surface area contributed by atoms with Gasteiger partial charge in [0.05, 0.1) is 68.9 Å². The molecule has 0 saturated heterocycles. The molecule has 13 nitrogen and oxygen atoms in total. The van der Waals surface area contributed by atoms with Gasteiger partial charge in [-0.05, 0) is 67.9 Å². The summed E-state index contributed by atoms with van der Waals surface area (Å²) in [4.78, 5) is 49.9. The summed E-state index contributed by atoms with van der Waals surface area (Å²) in [5.41, 5.74) is 4.28. The summed E-state index contributed by atoms with van der Waals surface area (Å²) in [6.45, 7) is 7.53. The first-order valence-electron chi connectivity index (χ1n) is 16.0. The van der Waals surface area contributed by atoms with Gasteiger partial charge in [-0.25, -0.2) is 4.68 Å². The van der Waals surface area contributed by atoms with E-state index in [1.54, 1.807) is 48.1 Å². The lowest BCUT2D eigenvalue weighted by Gasteiger charge is -2.18. The van der Waals surface area contributed by atoms with Gasteiger partial charge in [0.25, 0.3) is 17.4 Å². The maximum atomic E-state index is 13.8. The van der Waals surface area contributed by atoms with Crippen molar-refractivity contribution in [3.05, 3.63) is 99.6 Å². The highest BCUT2D eigenvalue weighted by Gasteiger charge is 2.21. The standard InChI is InChI=1S/C36H40N6O7/c1-4-33(43)35(45)39-15-17-48-19-21-49-20-18-47-16-14-38-34(44)31-23-30(26(3)41(36(31)46)29-7-5-6-25(2)22-29)32-12-13-40-42(32)28-10-8-27(24-37)9-11-28/h5-13,22-23H,4,14-21H2,1-3H3,(H,38,44)(H,39,45). The van der Waals surface area contributed by atoms with E-state index in [2.05, 4.69) is 21.8 Å². The van der Waals surface area contributed by atoms with Gasteiger partial charge in [0.2, 0.25) is 5.78 Å². The van der Waals surface area contributed by atoms with Crippen molar-refractivity contribution in [3.8, 4) is 28.7 Å². The van der Waals surface area contributed by atoms with Gasteiger partial charge < -0.3 is 24.8 Å². The number of rotatable bonds is 18. The average Bonchev–Trinajstić information content (AvgIpc) is 3.59. The topological polar surface area (TPSA) is 167 Å². The van der Waals surface area contributed by atoms with Crippen molar-refractivity contribution in [2.45, 2.75) is 27.2 Å². The van der Waals surface area contributed by atoms with E-state index in [4.69, 9.17) is 14.2 Å². The Morgan fingerprint density at radius 2 is 1.49 bits per heavy atom. The summed E-state index contributed by atoms with van der Waals surface area (Å²) in [5.74, 6) is -1.61. The Balaban J connectivity index is 1.36. The SMILES string of the molecule is CCC(=O)C(=O)NCCOCCOCCOCCNC(=O)c1cc(-c2ccnn2-c2ccc(C#N)cc2)c(C)n(-c2cccc(C)c2)c1=O. The lowest BCUT2D eigenvalue weighted by atomic mass is 10.0. The van der Waals surface area contributed by atoms with Crippen LogP contribution in [0.5, 0.6) is 0 Å². The van der Waals surface area contributed by atoms with Gasteiger partial charge in [0.1, 0.15) is 5.56 Å². The zero-order chi connectivity index (χ0) is 35.2. The van der Waals surface area contributed by atoms with Crippen LogP contribution in [-0.2, 0) is 23.8 Å². The van der Waals surface area contributed by atoms with Crippen LogP contribution in [-0.4, -0.2) is 84.7 Å². The first-order valence-corrected chi connectivity index (χ1v) is 16.0. The minimum atomic E-state index is -0.608. The number of pyridine rings is 1. The van der Waals surface area contributed by atoms with E-state index in [9.17, 15) is 24.4 Å². The summed E-state index contributed by atoms with van der Waals surface area (Å²) in [5, 5.41) is 19.0. The third-order valence-corrected chi connectivity index (χ3v) is 7.49. The molecular formula is C36H40N6O7. The second-order valence-electron chi connectivity index (χ2n) is 10.9. The monoisotopic (exact) mass is 668 g/mol. The van der Waals surface area contributed by atoms with Crippen LogP contribution in [0.15, 0.2) is 71.7 Å². The smallest absolute Gasteiger partial charge is 0.287 e. The van der Waals surface area contributed by atoms with Crippen molar-refractivity contribution < 1.29 is 28.6 Å². The molecule has 2 aromatic carbocycles. The Morgan fingerprint density at radius 1 is 0.837 bits per heavy atom. The number of ketones is 1. The Labute approximate surface area is 284 Å². The number of aromatic nitrogens is 3. The van der Waals surface area contributed by atoms with Crippen LogP contribution < -0.4 is 16.2 Å². The number of aryl methyl sites for hydroxylation is 1. The predicted octanol–water partition coefficient (Wildman–Crippen LogP) is 3.05. The van der Waals surface area contributed by atoms with Crippen molar-refractivity contribution in [2.24, 2.45) is 0 Å². The number of hydrogen-bond donors (Lipinski definition) is 2. The molecular weight excluding hydrogens is 628 g/mol. The van der Waals surface area contributed by atoms with E-state index in [0.717, 1.165) is 11.3 Å². The average molecular weight is 669 g/mol. The van der Waals surface area contributed by atoms with E-state index < -0.39 is 23.2 Å². The molecule has 0 aliphatic rings. The van der Waals surface area contributed by atoms with Crippen molar-refractivity contribution in [1.29, 1.82) is 5.26 Å². The molecule has 0 bridgehead atoms. The first kappa shape index (κ1) is 36.4. The van der Waals surface area contributed by atoms with Crippen LogP contribution in [0.3, 0.4) is 0 Å². The number of nitrogens with zero attached hydrogens (tertiary/aromatic N) is 4. The largest absolute Gasteiger partial charge is 0.377 e. The fourth-order valence-electron chi connectivity index (χ4n) is 4.96. The molecule has 2 heterocycles. The second-order valence-corrected chi connectivity index (χ2v) is 10.9. The number of ether oxygens (including phenoxy) is 3. The van der Waals surface area contributed by atoms with Crippen LogP contribution in [0.4, 0.5) is 0 Å². The molecule has 0 saturated carbocycles. The maximum absolute atomic E-state index is 13.8. The van der Waals surface area contributed by atoms with Gasteiger partial charge in [-0.15, -0.1) is 0 Å². The minimum Gasteiger partial charge on any atom is -0.377 e. The van der Waals surface area contributed by atoms with Gasteiger partial charge in [-0.3, -0.25) is 23.7 Å². The molecule has 0 unspecified atom stereocenters. The Bertz CT molecular complexity index is 1860. The van der Waals surface area contributed by atoms with Crippen molar-refractivity contribution in [3.63, 3.8) is 0 Å². The highest BCUT2D eigenvalue weighted by atomic mass is 16.5. The Kier molecular flexibility index (Phi) is 13.5. The highest BCUT2D eigenvalue weighted by Crippen LogP contribution is 2.27. The van der Waals surface area contributed by atoms with Crippen LogP contribution in [0.1, 0.15) is 40.5 Å². The molecule has 2 N–H and O–H groups in total. The molecule has 256 valence electrons. The molecule has 2 amide bonds. The van der Waals surface area contributed by atoms with Gasteiger partial charge in [-0.1, -0.05) is 19.1 Å². The number of hydrogen-bond acceptors (Lipinski definition) is 9. The molecule has 0 fully saturated rings. The van der Waals surface area contributed by atoms with Crippen LogP contribution in [0.2, 0.25) is 0 Å². The number of carbonyl (C=O) groups excluding carboxylic acids is 3. The van der Waals surface area contributed by atoms with Crippen molar-refractivity contribution in [1.82, 2.24) is 25.0 Å². The second kappa shape index (κ2) is 18.2. The third kappa shape index (κ3) is 9.80. The summed E-state index contributed by atoms with van der Waals surface area (Å²) in [6, 6.07) is 20.0. The quantitative estimate of drug-likeness (QED) is 0.120. The lowest BCUT2D eigenvalue weighted by molar-refractivity contribution is -0.137. The van der Waals surface area contributed by atoms with Crippen LogP contribution in [0.25, 0.3) is 22.6 Å². The van der Waals surface area contributed by atoms with E-state index in [-0.39, 0.29) is 38.3 Å². The minimum absolute atomic E-state index is 0.0328. The zero-order valence-corrected chi connectivity index (χ0v) is 27.9. The molecule has 0 aliphatic carbocycles. The van der Waals surface area contributed by atoms with E-state index >= 15 is 0 Å². The zero-order valence-electron chi connectivity index (χ0n) is 27.9. The molecule has 4 rings (SSSR count). The highest BCUT2D eigenvalue weighted by molar-refractivity contribution is 6.36. The van der Waals surface area contributed by atoms with Gasteiger partial charge in [0.15, 0.2) is 0 Å². The molecule has 0 atom stereocenters. The number of nitriles is 1. The first-order chi connectivity index (χ1) is 23.7. The number of carbonyl (C=O) groups is 3. The lowest BCUT2D eigenvalue weighted by Crippen LogP contribution is -2.35. The number of nitrogens with one attached hydrogen (secondary N) is 2. The van der Waals surface area contributed by atoms with Gasteiger partial charge in [0, 0.05) is 36.5 Å². The number of amides is 2. The van der Waals surface area contributed by atoms with E-state index in [1.807, 2.05) is 44.2 Å². The molecule has 49 heavy (non-hydrogen) atoms. The van der Waals surface area contributed by atoms with Gasteiger partial charge in [-0.2, -0.15) is 10.4 Å². The molecule has 0 aliphatic heterocycles.